The fraction of sp³-hybridized carbons (Fsp3) is 0.308. The maximum Gasteiger partial charge on any atom is 0.345 e. The molecule has 2 rings (SSSR count). The van der Waals surface area contributed by atoms with Gasteiger partial charge in [0.2, 0.25) is 0 Å². The van der Waals surface area contributed by atoms with Crippen molar-refractivity contribution < 1.29 is 20.1 Å². The normalized spacial score (nSPS) is 14.5. The fourth-order valence-corrected chi connectivity index (χ4v) is 3.33. The zero-order valence-corrected chi connectivity index (χ0v) is 12.3. The maximum absolute atomic E-state index is 11.0. The molecule has 0 spiro atoms. The molecule has 3 N–H and O–H groups in total. The second kappa shape index (κ2) is 6.00. The maximum atomic E-state index is 11.0. The second-order valence-corrected chi connectivity index (χ2v) is 6.04. The average molecular weight is 345 g/mol. The minimum Gasteiger partial charge on any atom is -0.477 e. The van der Waals surface area contributed by atoms with Gasteiger partial charge >= 0.3 is 5.97 Å². The molecule has 0 aliphatic carbocycles. The van der Waals surface area contributed by atoms with Crippen molar-refractivity contribution in [3.8, 4) is 0 Å². The van der Waals surface area contributed by atoms with Crippen LogP contribution in [0.1, 0.15) is 27.8 Å². The van der Waals surface area contributed by atoms with E-state index in [1.807, 2.05) is 0 Å². The van der Waals surface area contributed by atoms with Crippen molar-refractivity contribution in [2.24, 2.45) is 0 Å². The van der Waals surface area contributed by atoms with Gasteiger partial charge in [-0.25, -0.2) is 4.79 Å². The summed E-state index contributed by atoms with van der Waals surface area (Å²) < 4.78 is 0.792. The number of benzene rings is 1. The summed E-state index contributed by atoms with van der Waals surface area (Å²) in [6.07, 6.45) is -1.47. The lowest BCUT2D eigenvalue weighted by Crippen LogP contribution is -2.18. The summed E-state index contributed by atoms with van der Waals surface area (Å²) in [5.41, 5.74) is 0.565. The topological polar surface area (TPSA) is 77.8 Å². The monoisotopic (exact) mass is 344 g/mol. The van der Waals surface area contributed by atoms with Gasteiger partial charge in [-0.1, -0.05) is 28.1 Å². The Morgan fingerprint density at radius 1 is 1.37 bits per heavy atom. The van der Waals surface area contributed by atoms with E-state index in [4.69, 9.17) is 5.11 Å². The van der Waals surface area contributed by atoms with E-state index in [9.17, 15) is 15.0 Å². The van der Waals surface area contributed by atoms with E-state index in [0.717, 1.165) is 16.0 Å². The number of thiophene rings is 1. The predicted octanol–water partition coefficient (Wildman–Crippen LogP) is 2.78. The van der Waals surface area contributed by atoms with Gasteiger partial charge in [0.25, 0.3) is 0 Å². The Bertz CT molecular complexity index is 595. The molecule has 0 saturated carbocycles. The Kier molecular flexibility index (Phi) is 4.57. The minimum atomic E-state index is -1.02. The third-order valence-electron chi connectivity index (χ3n) is 2.89. The van der Waals surface area contributed by atoms with Crippen LogP contribution >= 0.6 is 27.3 Å². The molecule has 19 heavy (non-hydrogen) atoms. The van der Waals surface area contributed by atoms with Gasteiger partial charge in [0, 0.05) is 10.0 Å². The Labute approximate surface area is 122 Å². The van der Waals surface area contributed by atoms with Crippen LogP contribution in [0.4, 0.5) is 0 Å². The standard InChI is InChI=1S/C13H13BrO4S/c14-5-4-9(15)12(16)7-2-1-3-10-8(7)6-11(19-10)13(17)18/h1-3,6,9,12,15-16H,4-5H2,(H,17,18). The van der Waals surface area contributed by atoms with Crippen molar-refractivity contribution in [2.75, 3.05) is 5.33 Å². The quantitative estimate of drug-likeness (QED) is 0.729. The van der Waals surface area contributed by atoms with Gasteiger partial charge in [-0.05, 0) is 29.5 Å². The fourth-order valence-electron chi connectivity index (χ4n) is 1.92. The van der Waals surface area contributed by atoms with Gasteiger partial charge in [-0.15, -0.1) is 11.3 Å². The zero-order valence-electron chi connectivity index (χ0n) is 9.91. The van der Waals surface area contributed by atoms with Gasteiger partial charge in [0.05, 0.1) is 6.10 Å². The molecule has 0 radical (unpaired) electrons. The number of halogens is 1. The third-order valence-corrected chi connectivity index (χ3v) is 4.44. The number of carboxylic acid groups (broad SMARTS) is 1. The molecule has 1 heterocycles. The third kappa shape index (κ3) is 2.97. The first kappa shape index (κ1) is 14.5. The SMILES string of the molecule is O=C(O)c1cc2c(C(O)C(O)CCBr)cccc2s1. The molecule has 2 atom stereocenters. The van der Waals surface area contributed by atoms with Crippen molar-refractivity contribution in [1.29, 1.82) is 0 Å². The molecule has 2 unspecified atom stereocenters. The molecule has 0 amide bonds. The zero-order chi connectivity index (χ0) is 14.0. The lowest BCUT2D eigenvalue weighted by atomic mass is 9.99. The molecule has 1 aromatic heterocycles. The molecule has 0 fully saturated rings. The number of carbonyl (C=O) groups is 1. The Morgan fingerprint density at radius 2 is 2.11 bits per heavy atom. The van der Waals surface area contributed by atoms with Crippen LogP contribution in [0.15, 0.2) is 24.3 Å². The van der Waals surface area contributed by atoms with E-state index < -0.39 is 18.2 Å². The molecule has 6 heteroatoms. The average Bonchev–Trinajstić information content (AvgIpc) is 2.82. The summed E-state index contributed by atoms with van der Waals surface area (Å²) in [6, 6.07) is 6.81. The summed E-state index contributed by atoms with van der Waals surface area (Å²) >= 11 is 4.38. The minimum absolute atomic E-state index is 0.227. The van der Waals surface area contributed by atoms with Gasteiger partial charge in [0.1, 0.15) is 11.0 Å². The van der Waals surface area contributed by atoms with Crippen LogP contribution in [0.2, 0.25) is 0 Å². The number of hydrogen-bond acceptors (Lipinski definition) is 4. The van der Waals surface area contributed by atoms with Crippen molar-refractivity contribution in [2.45, 2.75) is 18.6 Å². The van der Waals surface area contributed by atoms with Gasteiger partial charge in [0.15, 0.2) is 0 Å². The predicted molar refractivity (Wildman–Crippen MR) is 78.2 cm³/mol. The van der Waals surface area contributed by atoms with Gasteiger partial charge in [-0.3, -0.25) is 0 Å². The summed E-state index contributed by atoms with van der Waals surface area (Å²) in [5.74, 6) is -0.984. The highest BCUT2D eigenvalue weighted by atomic mass is 79.9. The summed E-state index contributed by atoms with van der Waals surface area (Å²) in [5, 5.41) is 30.3. The van der Waals surface area contributed by atoms with Crippen molar-refractivity contribution in [3.05, 3.63) is 34.7 Å². The van der Waals surface area contributed by atoms with Crippen LogP contribution in [-0.2, 0) is 0 Å². The van der Waals surface area contributed by atoms with E-state index in [1.165, 1.54) is 0 Å². The van der Waals surface area contributed by atoms with E-state index >= 15 is 0 Å². The molecule has 102 valence electrons. The molecular formula is C13H13BrO4S. The number of rotatable bonds is 5. The van der Waals surface area contributed by atoms with Gasteiger partial charge in [-0.2, -0.15) is 0 Å². The van der Waals surface area contributed by atoms with E-state index in [0.29, 0.717) is 22.7 Å². The number of carboxylic acids is 1. The number of aliphatic hydroxyl groups is 2. The lowest BCUT2D eigenvalue weighted by molar-refractivity contribution is 0.0182. The van der Waals surface area contributed by atoms with Crippen molar-refractivity contribution >= 4 is 43.3 Å². The molecule has 0 aliphatic heterocycles. The Balaban J connectivity index is 2.45. The molecule has 0 bridgehead atoms. The molecular weight excluding hydrogens is 332 g/mol. The highest BCUT2D eigenvalue weighted by Gasteiger charge is 2.21. The van der Waals surface area contributed by atoms with Crippen LogP contribution in [0.3, 0.4) is 0 Å². The smallest absolute Gasteiger partial charge is 0.345 e. The molecule has 4 nitrogen and oxygen atoms in total. The molecule has 1 aromatic carbocycles. The number of alkyl halides is 1. The highest BCUT2D eigenvalue weighted by molar-refractivity contribution is 9.09. The summed E-state index contributed by atoms with van der Waals surface area (Å²) in [6.45, 7) is 0. The number of fused-ring (bicyclic) bond motifs is 1. The summed E-state index contributed by atoms with van der Waals surface area (Å²) in [4.78, 5) is 11.2. The second-order valence-electron chi connectivity index (χ2n) is 4.16. The number of aromatic carboxylic acids is 1. The van der Waals surface area contributed by atoms with Crippen LogP contribution in [-0.4, -0.2) is 32.7 Å². The Hall–Kier alpha value is -0.950. The highest BCUT2D eigenvalue weighted by Crippen LogP contribution is 2.33. The van der Waals surface area contributed by atoms with Crippen LogP contribution in [0.25, 0.3) is 10.1 Å². The van der Waals surface area contributed by atoms with Crippen LogP contribution in [0.5, 0.6) is 0 Å². The largest absolute Gasteiger partial charge is 0.477 e. The number of hydrogen-bond donors (Lipinski definition) is 3. The summed E-state index contributed by atoms with van der Waals surface area (Å²) in [7, 11) is 0. The van der Waals surface area contributed by atoms with E-state index in [1.54, 1.807) is 24.3 Å². The lowest BCUT2D eigenvalue weighted by Gasteiger charge is -2.18. The van der Waals surface area contributed by atoms with Crippen molar-refractivity contribution in [1.82, 2.24) is 0 Å². The first-order chi connectivity index (χ1) is 9.04. The molecule has 2 aromatic rings. The first-order valence-electron chi connectivity index (χ1n) is 5.72. The molecule has 0 saturated heterocycles. The van der Waals surface area contributed by atoms with Crippen LogP contribution < -0.4 is 0 Å². The number of aliphatic hydroxyl groups excluding tert-OH is 2. The Morgan fingerprint density at radius 3 is 2.74 bits per heavy atom. The van der Waals surface area contributed by atoms with E-state index in [2.05, 4.69) is 15.9 Å². The molecule has 0 aliphatic rings. The first-order valence-corrected chi connectivity index (χ1v) is 7.66. The van der Waals surface area contributed by atoms with Crippen molar-refractivity contribution in [3.63, 3.8) is 0 Å². The van der Waals surface area contributed by atoms with E-state index in [-0.39, 0.29) is 4.88 Å². The van der Waals surface area contributed by atoms with Gasteiger partial charge < -0.3 is 15.3 Å². The van der Waals surface area contributed by atoms with Crippen LogP contribution in [0, 0.1) is 0 Å².